The van der Waals surface area contributed by atoms with Gasteiger partial charge in [-0.15, -0.1) is 0 Å². The molecule has 2 rings (SSSR count). The van der Waals surface area contributed by atoms with Crippen molar-refractivity contribution in [3.05, 3.63) is 36.7 Å². The van der Waals surface area contributed by atoms with Gasteiger partial charge in [0.2, 0.25) is 0 Å². The summed E-state index contributed by atoms with van der Waals surface area (Å²) in [4.78, 5) is 4.47. The Hall–Kier alpha value is -0.596. The zero-order valence-corrected chi connectivity index (χ0v) is 9.98. The number of aromatic nitrogens is 2. The monoisotopic (exact) mass is 245 g/mol. The molecule has 0 amide bonds. The second-order valence-corrected chi connectivity index (χ2v) is 3.50. The zero-order chi connectivity index (χ0) is 9.26. The summed E-state index contributed by atoms with van der Waals surface area (Å²) in [5.41, 5.74) is 2.15. The Bertz CT molecular complexity index is 471. The van der Waals surface area contributed by atoms with Gasteiger partial charge in [-0.3, -0.25) is 0 Å². The normalized spacial score (nSPS) is 10.3. The average molecular weight is 245 g/mol. The molecule has 0 bridgehead atoms. The molecule has 13 heavy (non-hydrogen) atoms. The van der Waals surface area contributed by atoms with Gasteiger partial charge in [0.25, 0.3) is 0 Å². The van der Waals surface area contributed by atoms with E-state index >= 15 is 0 Å². The van der Waals surface area contributed by atoms with E-state index in [2.05, 4.69) is 20.4 Å². The number of benzene rings is 1. The van der Waals surface area contributed by atoms with Gasteiger partial charge in [0.1, 0.15) is 0 Å². The molecule has 0 N–H and O–H groups in total. The van der Waals surface area contributed by atoms with E-state index in [9.17, 15) is 0 Å². The molecule has 1 aromatic heterocycles. The van der Waals surface area contributed by atoms with Crippen molar-refractivity contribution >= 4 is 20.0 Å². The molecule has 1 aromatic carbocycles. The van der Waals surface area contributed by atoms with E-state index in [4.69, 9.17) is 0 Å². The Morgan fingerprint density at radius 1 is 1.38 bits per heavy atom. The molecule has 61 valence electrons. The molecule has 0 aliphatic carbocycles. The third-order valence-electron chi connectivity index (χ3n) is 1.95. The fourth-order valence-corrected chi connectivity index (χ4v) is 1.95. The molecule has 0 aliphatic heterocycles. The van der Waals surface area contributed by atoms with Crippen LogP contribution >= 0.6 is 0 Å². The number of hydrogen-bond acceptors (Lipinski definition) is 1. The van der Waals surface area contributed by atoms with Crippen molar-refractivity contribution in [1.82, 2.24) is 9.55 Å². The van der Waals surface area contributed by atoms with Crippen LogP contribution in [0.25, 0.3) is 17.2 Å². The van der Waals surface area contributed by atoms with Crippen molar-refractivity contribution in [2.24, 2.45) is 0 Å². The van der Waals surface area contributed by atoms with Gasteiger partial charge in [0, 0.05) is 0 Å². The third-order valence-corrected chi connectivity index (χ3v) is 2.69. The van der Waals surface area contributed by atoms with Crippen LogP contribution in [0, 0.1) is 0 Å². The van der Waals surface area contributed by atoms with Gasteiger partial charge in [0.05, 0.1) is 0 Å². The van der Waals surface area contributed by atoms with Crippen LogP contribution in [0.2, 0.25) is 0 Å². The molecule has 0 saturated carbocycles. The van der Waals surface area contributed by atoms with Crippen LogP contribution < -0.4 is 0 Å². The van der Waals surface area contributed by atoms with Gasteiger partial charge in [-0.2, -0.15) is 0 Å². The van der Waals surface area contributed by atoms with E-state index in [0.717, 1.165) is 47.3 Å². The zero-order valence-electron chi connectivity index (χ0n) is 7.14. The van der Waals surface area contributed by atoms with Crippen LogP contribution in [0.1, 0.15) is 5.82 Å². The third kappa shape index (κ3) is 1.45. The van der Waals surface area contributed by atoms with Gasteiger partial charge in [-0.25, -0.2) is 0 Å². The number of para-hydroxylation sites is 2. The summed E-state index contributed by atoms with van der Waals surface area (Å²) >= 11 is 1.07. The first-order valence-electron chi connectivity index (χ1n) is 4.01. The molecule has 0 unspecified atom stereocenters. The molecule has 1 heterocycles. The number of fused-ring (bicyclic) bond motifs is 1. The van der Waals surface area contributed by atoms with Crippen molar-refractivity contribution < 1.29 is 30.4 Å². The van der Waals surface area contributed by atoms with Crippen LogP contribution in [0.5, 0.6) is 0 Å². The van der Waals surface area contributed by atoms with Crippen molar-refractivity contribution in [3.63, 3.8) is 0 Å². The molecule has 3 heteroatoms. The van der Waals surface area contributed by atoms with Gasteiger partial charge in [-0.1, -0.05) is 0 Å². The maximum atomic E-state index is 4.47. The molecule has 0 saturated heterocycles. The first-order chi connectivity index (χ1) is 6.36. The van der Waals surface area contributed by atoms with Crippen molar-refractivity contribution in [1.29, 1.82) is 0 Å². The summed E-state index contributed by atoms with van der Waals surface area (Å²) in [6.45, 7) is 3.78. The molecule has 0 atom stereocenters. The second kappa shape index (κ2) is 3.64. The van der Waals surface area contributed by atoms with Crippen molar-refractivity contribution in [2.45, 2.75) is 0 Å². The van der Waals surface area contributed by atoms with E-state index in [-0.39, 0.29) is 0 Å². The second-order valence-electron chi connectivity index (χ2n) is 2.68. The topological polar surface area (TPSA) is 17.8 Å². The Morgan fingerprint density at radius 2 is 2.15 bits per heavy atom. The Morgan fingerprint density at radius 3 is 2.85 bits per heavy atom. The number of hydrogen-bond donors (Lipinski definition) is 0. The quantitative estimate of drug-likeness (QED) is 0.789. The molecule has 0 spiro atoms. The summed E-state index contributed by atoms with van der Waals surface area (Å²) in [6, 6.07) is 8.08. The fourth-order valence-electron chi connectivity index (χ4n) is 1.37. The molecule has 0 aliphatic rings. The predicted molar refractivity (Wildman–Crippen MR) is 51.3 cm³/mol. The first kappa shape index (κ1) is 8.98. The minimum atomic E-state index is 0.999. The fraction of sp³-hybridized carbons (Fsp3) is 0. The van der Waals surface area contributed by atoms with Gasteiger partial charge in [0.15, 0.2) is 0 Å². The minimum absolute atomic E-state index is 0.999. The van der Waals surface area contributed by atoms with Crippen molar-refractivity contribution in [2.75, 3.05) is 0 Å². The standard InChI is InChI=1S/C10H8N2.Y/c1-3-12-8(2)11-9-6-4-5-7-10(9)12;/h2-7H,1H2;. The number of imidazole rings is 1. The van der Waals surface area contributed by atoms with E-state index in [0.29, 0.717) is 0 Å². The summed E-state index contributed by atoms with van der Waals surface area (Å²) in [6.07, 6.45) is 1.80. The van der Waals surface area contributed by atoms with Gasteiger partial charge >= 0.3 is 96.7 Å². The molecule has 0 radical (unpaired) electrons. The Balaban J connectivity index is 2.88. The van der Waals surface area contributed by atoms with Crippen molar-refractivity contribution in [3.8, 4) is 0 Å². The summed E-state index contributed by atoms with van der Waals surface area (Å²) in [5, 5.41) is 0. The van der Waals surface area contributed by atoms with E-state index < -0.39 is 0 Å². The average Bonchev–Trinajstić information content (AvgIpc) is 2.55. The summed E-state index contributed by atoms with van der Waals surface area (Å²) in [5.74, 6) is 0.999. The summed E-state index contributed by atoms with van der Waals surface area (Å²) in [7, 11) is 0. The maximum absolute atomic E-state index is 4.47. The van der Waals surface area contributed by atoms with E-state index in [1.54, 1.807) is 6.20 Å². The van der Waals surface area contributed by atoms with Crippen LogP contribution in [0.3, 0.4) is 0 Å². The molecule has 2 nitrogen and oxygen atoms in total. The van der Waals surface area contributed by atoms with Crippen LogP contribution in [0.4, 0.5) is 0 Å². The van der Waals surface area contributed by atoms with Gasteiger partial charge < -0.3 is 0 Å². The number of rotatable bonds is 2. The van der Waals surface area contributed by atoms with Crippen LogP contribution in [-0.2, 0) is 30.4 Å². The molecular weight excluding hydrogens is 237 g/mol. The molecule has 2 aromatic rings. The summed E-state index contributed by atoms with van der Waals surface area (Å²) < 4.78 is 4.12. The van der Waals surface area contributed by atoms with Crippen LogP contribution in [-0.4, -0.2) is 12.4 Å². The van der Waals surface area contributed by atoms with E-state index in [1.807, 2.05) is 22.8 Å². The Kier molecular flexibility index (Phi) is 2.52. The molecular formula is C10H8N2Y. The van der Waals surface area contributed by atoms with Crippen LogP contribution in [0.15, 0.2) is 30.8 Å². The van der Waals surface area contributed by atoms with E-state index in [1.165, 1.54) is 0 Å². The Labute approximate surface area is 96.2 Å². The predicted octanol–water partition coefficient (Wildman–Crippen LogP) is 1.83. The SMILES string of the molecule is C=Cn1c([CH]=[Y])nc2ccccc21. The van der Waals surface area contributed by atoms with Gasteiger partial charge in [-0.05, 0) is 0 Å². The first-order valence-corrected chi connectivity index (χ1v) is 5.65. The molecule has 0 fully saturated rings. The number of nitrogens with zero attached hydrogens (tertiary/aromatic N) is 2.